The molecule has 1 saturated heterocycles. The molecule has 9 heteroatoms. The third kappa shape index (κ3) is 4.78. The van der Waals surface area contributed by atoms with Gasteiger partial charge in [-0.15, -0.1) is 0 Å². The van der Waals surface area contributed by atoms with E-state index in [1.807, 2.05) is 4.90 Å². The molecule has 0 radical (unpaired) electrons. The molecular weight excluding hydrogens is 419 g/mol. The number of hydrogen-bond acceptors (Lipinski definition) is 5. The first-order valence-electron chi connectivity index (χ1n) is 9.16. The Morgan fingerprint density at radius 1 is 1.07 bits per heavy atom. The molecule has 1 fully saturated rings. The van der Waals surface area contributed by atoms with Crippen LogP contribution in [-0.4, -0.2) is 56.9 Å². The first kappa shape index (κ1) is 21.7. The number of esters is 1. The molecule has 6 nitrogen and oxygen atoms in total. The molecule has 2 aromatic carbocycles. The van der Waals surface area contributed by atoms with Gasteiger partial charge < -0.3 is 4.74 Å². The summed E-state index contributed by atoms with van der Waals surface area (Å²) < 4.78 is 45.3. The van der Waals surface area contributed by atoms with Gasteiger partial charge in [0.25, 0.3) is 0 Å². The van der Waals surface area contributed by atoms with Gasteiger partial charge in [-0.2, -0.15) is 4.31 Å². The zero-order chi connectivity index (χ0) is 21.0. The quantitative estimate of drug-likeness (QED) is 0.668. The average Bonchev–Trinajstić information content (AvgIpc) is 2.96. The topological polar surface area (TPSA) is 66.9 Å². The predicted molar refractivity (Wildman–Crippen MR) is 108 cm³/mol. The lowest BCUT2D eigenvalue weighted by molar-refractivity contribution is -0.147. The standard InChI is InChI=1S/C20H22ClFN2O4S/c1-28-20(25)19(17-5-2-3-6-18(17)21)23-11-4-12-24(14-13-23)29(26,27)16-9-7-15(22)8-10-16/h2-3,5-10,19H,4,11-14H2,1H3/t19-/m1/s1. The summed E-state index contributed by atoms with van der Waals surface area (Å²) in [7, 11) is -2.44. The molecular formula is C20H22ClFN2O4S. The predicted octanol–water partition coefficient (Wildman–Crippen LogP) is 3.09. The summed E-state index contributed by atoms with van der Waals surface area (Å²) in [6.45, 7) is 1.32. The number of halogens is 2. The Morgan fingerprint density at radius 2 is 1.76 bits per heavy atom. The van der Waals surface area contributed by atoms with Crippen LogP contribution in [0.4, 0.5) is 4.39 Å². The van der Waals surface area contributed by atoms with Crippen LogP contribution in [-0.2, 0) is 19.6 Å². The van der Waals surface area contributed by atoms with Gasteiger partial charge in [-0.3, -0.25) is 4.90 Å². The van der Waals surface area contributed by atoms with Crippen LogP contribution in [0.25, 0.3) is 0 Å². The van der Waals surface area contributed by atoms with E-state index in [1.165, 1.54) is 23.5 Å². The van der Waals surface area contributed by atoms with E-state index in [-0.39, 0.29) is 11.4 Å². The van der Waals surface area contributed by atoms with Gasteiger partial charge in [0, 0.05) is 31.2 Å². The van der Waals surface area contributed by atoms with E-state index in [0.717, 1.165) is 12.1 Å². The van der Waals surface area contributed by atoms with Crippen LogP contribution >= 0.6 is 11.6 Å². The number of nitrogens with zero attached hydrogens (tertiary/aromatic N) is 2. The molecule has 0 saturated carbocycles. The smallest absolute Gasteiger partial charge is 0.327 e. The van der Waals surface area contributed by atoms with Crippen LogP contribution in [0.15, 0.2) is 53.4 Å². The fourth-order valence-corrected chi connectivity index (χ4v) is 5.16. The fourth-order valence-electron chi connectivity index (χ4n) is 3.45. The first-order chi connectivity index (χ1) is 13.8. The molecule has 0 spiro atoms. The van der Waals surface area contributed by atoms with E-state index in [9.17, 15) is 17.6 Å². The van der Waals surface area contributed by atoms with E-state index in [4.69, 9.17) is 16.3 Å². The minimum absolute atomic E-state index is 0.0444. The van der Waals surface area contributed by atoms with Crippen LogP contribution in [0, 0.1) is 5.82 Å². The molecule has 0 N–H and O–H groups in total. The lowest BCUT2D eigenvalue weighted by Gasteiger charge is -2.29. The first-order valence-corrected chi connectivity index (χ1v) is 11.0. The number of ether oxygens (including phenoxy) is 1. The summed E-state index contributed by atoms with van der Waals surface area (Å²) in [6, 6.07) is 11.1. The van der Waals surface area contributed by atoms with Crippen molar-refractivity contribution in [3.8, 4) is 0 Å². The minimum atomic E-state index is -3.75. The van der Waals surface area contributed by atoms with Gasteiger partial charge in [-0.05, 0) is 42.3 Å². The van der Waals surface area contributed by atoms with E-state index >= 15 is 0 Å². The molecule has 0 bridgehead atoms. The normalized spacial score (nSPS) is 17.5. The molecule has 0 unspecified atom stereocenters. The summed E-state index contributed by atoms with van der Waals surface area (Å²) >= 11 is 6.30. The van der Waals surface area contributed by atoms with Gasteiger partial charge in [0.15, 0.2) is 0 Å². The van der Waals surface area contributed by atoms with Crippen LogP contribution in [0.2, 0.25) is 5.02 Å². The molecule has 156 valence electrons. The Balaban J connectivity index is 1.83. The molecule has 0 amide bonds. The van der Waals surface area contributed by atoms with Crippen molar-refractivity contribution in [2.45, 2.75) is 17.4 Å². The summed E-state index contributed by atoms with van der Waals surface area (Å²) in [4.78, 5) is 14.4. The van der Waals surface area contributed by atoms with Gasteiger partial charge >= 0.3 is 5.97 Å². The second-order valence-electron chi connectivity index (χ2n) is 6.69. The van der Waals surface area contributed by atoms with E-state index in [1.54, 1.807) is 24.3 Å². The number of hydrogen-bond donors (Lipinski definition) is 0. The van der Waals surface area contributed by atoms with Gasteiger partial charge in [0.05, 0.1) is 12.0 Å². The maximum atomic E-state index is 13.2. The Kier molecular flexibility index (Phi) is 6.89. The Hall–Kier alpha value is -2.00. The van der Waals surface area contributed by atoms with Crippen LogP contribution in [0.3, 0.4) is 0 Å². The van der Waals surface area contributed by atoms with Crippen LogP contribution in [0.5, 0.6) is 0 Å². The average molecular weight is 441 g/mol. The second kappa shape index (κ2) is 9.21. The molecule has 1 atom stereocenters. The number of carbonyl (C=O) groups excluding carboxylic acids is 1. The van der Waals surface area contributed by atoms with E-state index in [0.29, 0.717) is 36.6 Å². The van der Waals surface area contributed by atoms with E-state index < -0.39 is 27.9 Å². The highest BCUT2D eigenvalue weighted by molar-refractivity contribution is 7.89. The molecule has 1 aliphatic rings. The number of benzene rings is 2. The molecule has 1 aliphatic heterocycles. The molecule has 29 heavy (non-hydrogen) atoms. The Morgan fingerprint density at radius 3 is 2.41 bits per heavy atom. The third-order valence-corrected chi connectivity index (χ3v) is 7.19. The zero-order valence-corrected chi connectivity index (χ0v) is 17.5. The van der Waals surface area contributed by atoms with Crippen molar-refractivity contribution in [1.82, 2.24) is 9.21 Å². The summed E-state index contributed by atoms with van der Waals surface area (Å²) in [5.74, 6) is -0.945. The Bertz CT molecular complexity index is 969. The second-order valence-corrected chi connectivity index (χ2v) is 9.04. The SMILES string of the molecule is COC(=O)[C@@H](c1ccccc1Cl)N1CCCN(S(=O)(=O)c2ccc(F)cc2)CC1. The molecule has 3 rings (SSSR count). The third-order valence-electron chi connectivity index (χ3n) is 4.93. The van der Waals surface area contributed by atoms with Gasteiger partial charge in [-0.25, -0.2) is 17.6 Å². The molecule has 0 aliphatic carbocycles. The van der Waals surface area contributed by atoms with Crippen molar-refractivity contribution < 1.29 is 22.3 Å². The van der Waals surface area contributed by atoms with Gasteiger partial charge in [0.1, 0.15) is 11.9 Å². The van der Waals surface area contributed by atoms with Crippen molar-refractivity contribution in [2.24, 2.45) is 0 Å². The van der Waals surface area contributed by atoms with Crippen molar-refractivity contribution >= 4 is 27.6 Å². The number of methoxy groups -OCH3 is 1. The van der Waals surface area contributed by atoms with E-state index in [2.05, 4.69) is 0 Å². The maximum Gasteiger partial charge on any atom is 0.327 e. The summed E-state index contributed by atoms with van der Waals surface area (Å²) in [6.07, 6.45) is 0.526. The number of sulfonamides is 1. The highest BCUT2D eigenvalue weighted by atomic mass is 35.5. The van der Waals surface area contributed by atoms with Gasteiger partial charge in [-0.1, -0.05) is 29.8 Å². The van der Waals surface area contributed by atoms with Gasteiger partial charge in [0.2, 0.25) is 10.0 Å². The highest BCUT2D eigenvalue weighted by Crippen LogP contribution is 2.30. The zero-order valence-electron chi connectivity index (χ0n) is 15.9. The van der Waals surface area contributed by atoms with Crippen molar-refractivity contribution in [2.75, 3.05) is 33.3 Å². The fraction of sp³-hybridized carbons (Fsp3) is 0.350. The highest BCUT2D eigenvalue weighted by Gasteiger charge is 2.34. The lowest BCUT2D eigenvalue weighted by Crippen LogP contribution is -2.39. The van der Waals surface area contributed by atoms with Crippen molar-refractivity contribution in [3.05, 3.63) is 64.9 Å². The van der Waals surface area contributed by atoms with Crippen molar-refractivity contribution in [1.29, 1.82) is 0 Å². The monoisotopic (exact) mass is 440 g/mol. The number of rotatable bonds is 5. The van der Waals surface area contributed by atoms with Crippen LogP contribution < -0.4 is 0 Å². The summed E-state index contributed by atoms with van der Waals surface area (Å²) in [5, 5.41) is 0.447. The molecule has 0 aromatic heterocycles. The largest absolute Gasteiger partial charge is 0.468 e. The maximum absolute atomic E-state index is 13.2. The lowest BCUT2D eigenvalue weighted by atomic mass is 10.0. The molecule has 1 heterocycles. The Labute approximate surface area is 174 Å². The minimum Gasteiger partial charge on any atom is -0.468 e. The summed E-state index contributed by atoms with van der Waals surface area (Å²) in [5.41, 5.74) is 0.621. The number of carbonyl (C=O) groups is 1. The van der Waals surface area contributed by atoms with Crippen LogP contribution in [0.1, 0.15) is 18.0 Å². The molecule has 2 aromatic rings. The van der Waals surface area contributed by atoms with Crippen molar-refractivity contribution in [3.63, 3.8) is 0 Å².